The predicted octanol–water partition coefficient (Wildman–Crippen LogP) is 3.18. The molecule has 0 bridgehead atoms. The predicted molar refractivity (Wildman–Crippen MR) is 91.8 cm³/mol. The molecule has 0 spiro atoms. The van der Waals surface area contributed by atoms with E-state index in [4.69, 9.17) is 31.2 Å². The average molecular weight is 335 g/mol. The molecule has 2 heterocycles. The van der Waals surface area contributed by atoms with Crippen molar-refractivity contribution in [1.29, 1.82) is 0 Å². The molecule has 0 atom stereocenters. The molecule has 0 radical (unpaired) electrons. The van der Waals surface area contributed by atoms with Crippen LogP contribution in [0.25, 0.3) is 11.3 Å². The van der Waals surface area contributed by atoms with Crippen molar-refractivity contribution in [2.45, 2.75) is 45.8 Å². The van der Waals surface area contributed by atoms with Crippen molar-refractivity contribution in [3.8, 4) is 11.3 Å². The lowest BCUT2D eigenvalue weighted by Gasteiger charge is -2.32. The number of hydrogen-bond donors (Lipinski definition) is 1. The third-order valence-corrected chi connectivity index (χ3v) is 4.90. The number of halogens is 1. The monoisotopic (exact) mass is 334 g/mol. The van der Waals surface area contributed by atoms with E-state index >= 15 is 0 Å². The van der Waals surface area contributed by atoms with Gasteiger partial charge in [0, 0.05) is 16.3 Å². The molecule has 5 nitrogen and oxygen atoms in total. The van der Waals surface area contributed by atoms with Crippen LogP contribution >= 0.6 is 11.6 Å². The first-order chi connectivity index (χ1) is 10.6. The van der Waals surface area contributed by atoms with Gasteiger partial charge >= 0.3 is 7.12 Å². The average Bonchev–Trinajstić information content (AvgIpc) is 2.87. The number of anilines is 1. The molecular formula is C16H20BClN2O3. The maximum absolute atomic E-state index is 6.13. The number of aryl methyl sites for hydroxylation is 1. The summed E-state index contributed by atoms with van der Waals surface area (Å²) in [5, 5.41) is 4.73. The van der Waals surface area contributed by atoms with E-state index in [1.807, 2.05) is 40.7 Å². The first kappa shape index (κ1) is 16.4. The Morgan fingerprint density at radius 2 is 1.74 bits per heavy atom. The molecule has 7 heteroatoms. The van der Waals surface area contributed by atoms with E-state index in [0.717, 1.165) is 11.0 Å². The molecule has 1 aromatic heterocycles. The molecular weight excluding hydrogens is 314 g/mol. The lowest BCUT2D eigenvalue weighted by molar-refractivity contribution is 0.00578. The van der Waals surface area contributed by atoms with E-state index in [1.54, 1.807) is 12.1 Å². The van der Waals surface area contributed by atoms with Gasteiger partial charge in [0.25, 0.3) is 0 Å². The van der Waals surface area contributed by atoms with Crippen molar-refractivity contribution >= 4 is 29.9 Å². The van der Waals surface area contributed by atoms with Gasteiger partial charge in [-0.2, -0.15) is 0 Å². The van der Waals surface area contributed by atoms with Crippen LogP contribution in [0.5, 0.6) is 0 Å². The molecule has 0 unspecified atom stereocenters. The van der Waals surface area contributed by atoms with E-state index in [9.17, 15) is 0 Å². The molecule has 0 amide bonds. The van der Waals surface area contributed by atoms with Gasteiger partial charge in [0.2, 0.25) is 0 Å². The van der Waals surface area contributed by atoms with Crippen LogP contribution in [0.3, 0.4) is 0 Å². The van der Waals surface area contributed by atoms with Crippen LogP contribution < -0.4 is 11.2 Å². The van der Waals surface area contributed by atoms with E-state index in [-0.39, 0.29) is 0 Å². The molecule has 1 fully saturated rings. The van der Waals surface area contributed by atoms with Crippen LogP contribution in [-0.2, 0) is 9.31 Å². The van der Waals surface area contributed by atoms with Crippen molar-refractivity contribution < 1.29 is 13.8 Å². The number of hydrogen-bond acceptors (Lipinski definition) is 5. The largest absolute Gasteiger partial charge is 0.500 e. The molecule has 0 aliphatic carbocycles. The molecule has 3 rings (SSSR count). The fourth-order valence-electron chi connectivity index (χ4n) is 2.56. The van der Waals surface area contributed by atoms with Gasteiger partial charge < -0.3 is 19.6 Å². The smallest absolute Gasteiger partial charge is 0.399 e. The molecule has 23 heavy (non-hydrogen) atoms. The number of nitrogens with zero attached hydrogens (tertiary/aromatic N) is 1. The van der Waals surface area contributed by atoms with E-state index in [2.05, 4.69) is 5.16 Å². The Balaban J connectivity index is 2.07. The summed E-state index contributed by atoms with van der Waals surface area (Å²) in [4.78, 5) is 0. The van der Waals surface area contributed by atoms with Gasteiger partial charge in [-0.05, 0) is 52.8 Å². The molecule has 1 aliphatic rings. The van der Waals surface area contributed by atoms with Crippen LogP contribution in [-0.4, -0.2) is 23.5 Å². The summed E-state index contributed by atoms with van der Waals surface area (Å²) >= 11 is 5.98. The summed E-state index contributed by atoms with van der Waals surface area (Å²) in [7, 11) is -0.559. The van der Waals surface area contributed by atoms with E-state index in [0.29, 0.717) is 22.2 Å². The number of nitrogen functional groups attached to an aromatic ring is 1. The summed E-state index contributed by atoms with van der Waals surface area (Å²) in [6.07, 6.45) is 0. The zero-order valence-electron chi connectivity index (χ0n) is 13.9. The number of benzene rings is 1. The third kappa shape index (κ3) is 2.65. The normalized spacial score (nSPS) is 19.3. The van der Waals surface area contributed by atoms with Crippen LogP contribution in [0.4, 0.5) is 5.69 Å². The minimum atomic E-state index is -0.559. The van der Waals surface area contributed by atoms with Crippen LogP contribution in [0.15, 0.2) is 22.7 Å². The molecule has 2 N–H and O–H groups in total. The Morgan fingerprint density at radius 1 is 1.13 bits per heavy atom. The SMILES string of the molecule is Cc1onc(-c2ccc(Cl)cc2N)c1B1OC(C)(C)C(C)(C)O1. The lowest BCUT2D eigenvalue weighted by atomic mass is 9.76. The van der Waals surface area contributed by atoms with E-state index in [1.165, 1.54) is 0 Å². The van der Waals surface area contributed by atoms with Crippen molar-refractivity contribution in [2.24, 2.45) is 0 Å². The van der Waals surface area contributed by atoms with Gasteiger partial charge in [-0.25, -0.2) is 0 Å². The van der Waals surface area contributed by atoms with Crippen molar-refractivity contribution in [2.75, 3.05) is 5.73 Å². The molecule has 1 aromatic carbocycles. The fourth-order valence-corrected chi connectivity index (χ4v) is 2.74. The zero-order chi connectivity index (χ0) is 17.0. The van der Waals surface area contributed by atoms with Gasteiger partial charge in [0.15, 0.2) is 0 Å². The number of aromatic nitrogens is 1. The molecule has 1 aliphatic heterocycles. The third-order valence-electron chi connectivity index (χ3n) is 4.67. The van der Waals surface area contributed by atoms with E-state index < -0.39 is 18.3 Å². The zero-order valence-corrected chi connectivity index (χ0v) is 14.7. The Bertz CT molecular complexity index is 742. The molecule has 1 saturated heterocycles. The second-order valence-electron chi connectivity index (χ2n) is 6.82. The second-order valence-corrected chi connectivity index (χ2v) is 7.26. The lowest BCUT2D eigenvalue weighted by Crippen LogP contribution is -2.41. The highest BCUT2D eigenvalue weighted by atomic mass is 35.5. The minimum absolute atomic E-state index is 0.440. The van der Waals surface area contributed by atoms with Gasteiger partial charge in [-0.3, -0.25) is 0 Å². The Morgan fingerprint density at radius 3 is 2.30 bits per heavy atom. The van der Waals surface area contributed by atoms with Crippen LogP contribution in [0.1, 0.15) is 33.5 Å². The van der Waals surface area contributed by atoms with Crippen LogP contribution in [0, 0.1) is 6.92 Å². The first-order valence-electron chi connectivity index (χ1n) is 7.49. The summed E-state index contributed by atoms with van der Waals surface area (Å²) < 4.78 is 17.6. The van der Waals surface area contributed by atoms with Crippen molar-refractivity contribution in [1.82, 2.24) is 5.16 Å². The van der Waals surface area contributed by atoms with Crippen molar-refractivity contribution in [3.63, 3.8) is 0 Å². The highest BCUT2D eigenvalue weighted by Crippen LogP contribution is 2.38. The summed E-state index contributed by atoms with van der Waals surface area (Å²) in [6.45, 7) is 9.86. The van der Waals surface area contributed by atoms with Crippen LogP contribution in [0.2, 0.25) is 5.02 Å². The second kappa shape index (κ2) is 5.26. The molecule has 2 aromatic rings. The number of rotatable bonds is 2. The summed E-state index contributed by atoms with van der Waals surface area (Å²) in [5.74, 6) is 0.646. The molecule has 122 valence electrons. The summed E-state index contributed by atoms with van der Waals surface area (Å²) in [5.41, 5.74) is 7.87. The number of nitrogens with two attached hydrogens (primary N) is 1. The maximum atomic E-state index is 6.13. The van der Waals surface area contributed by atoms with Gasteiger partial charge in [0.1, 0.15) is 11.5 Å². The topological polar surface area (TPSA) is 70.5 Å². The first-order valence-corrected chi connectivity index (χ1v) is 7.87. The highest BCUT2D eigenvalue weighted by Gasteiger charge is 2.53. The highest BCUT2D eigenvalue weighted by molar-refractivity contribution is 6.64. The minimum Gasteiger partial charge on any atom is -0.399 e. The fraction of sp³-hybridized carbons (Fsp3) is 0.438. The Kier molecular flexibility index (Phi) is 3.74. The van der Waals surface area contributed by atoms with Gasteiger partial charge in [0.05, 0.1) is 16.7 Å². The Labute approximate surface area is 141 Å². The Hall–Kier alpha value is -1.50. The van der Waals surface area contributed by atoms with Gasteiger partial charge in [-0.1, -0.05) is 16.8 Å². The summed E-state index contributed by atoms with van der Waals surface area (Å²) in [6, 6.07) is 5.28. The maximum Gasteiger partial charge on any atom is 0.500 e. The standard InChI is InChI=1S/C16H20BClN2O3/c1-9-13(17-22-15(2,3)16(4,5)23-17)14(20-21-9)11-7-6-10(18)8-12(11)19/h6-8H,19H2,1-5H3. The molecule has 0 saturated carbocycles. The van der Waals surface area contributed by atoms with Crippen molar-refractivity contribution in [3.05, 3.63) is 29.0 Å². The van der Waals surface area contributed by atoms with Gasteiger partial charge in [-0.15, -0.1) is 0 Å². The quantitative estimate of drug-likeness (QED) is 0.674.